The van der Waals surface area contributed by atoms with E-state index in [1.165, 1.54) is 0 Å². The Morgan fingerprint density at radius 2 is 1.64 bits per heavy atom. The van der Waals surface area contributed by atoms with Crippen molar-refractivity contribution < 1.29 is 8.42 Å². The van der Waals surface area contributed by atoms with Crippen LogP contribution < -0.4 is 5.32 Å². The second kappa shape index (κ2) is 7.37. The van der Waals surface area contributed by atoms with Crippen molar-refractivity contribution in [3.63, 3.8) is 0 Å². The first kappa shape index (κ1) is 17.6. The predicted octanol–water partition coefficient (Wildman–Crippen LogP) is 4.08. The van der Waals surface area contributed by atoms with Crippen LogP contribution in [0.25, 0.3) is 11.0 Å². The van der Waals surface area contributed by atoms with Gasteiger partial charge in [-0.15, -0.1) is 0 Å². The fourth-order valence-corrected chi connectivity index (χ4v) is 3.97. The van der Waals surface area contributed by atoms with Gasteiger partial charge in [-0.05, 0) is 36.2 Å². The van der Waals surface area contributed by atoms with E-state index in [0.717, 1.165) is 6.42 Å². The second-order valence-electron chi connectivity index (χ2n) is 5.68. The summed E-state index contributed by atoms with van der Waals surface area (Å²) in [6.07, 6.45) is 0.852. The van der Waals surface area contributed by atoms with Gasteiger partial charge in [0, 0.05) is 11.6 Å². The number of hydrogen-bond acceptors (Lipinski definition) is 5. The molecular weight excluding hydrogens is 358 g/mol. The molecule has 3 aromatic rings. The lowest BCUT2D eigenvalue weighted by Gasteiger charge is -2.12. The molecule has 5 nitrogen and oxygen atoms in total. The van der Waals surface area contributed by atoms with Crippen molar-refractivity contribution in [2.24, 2.45) is 0 Å². The Kier molecular flexibility index (Phi) is 5.20. The fourth-order valence-electron chi connectivity index (χ4n) is 2.43. The van der Waals surface area contributed by atoms with E-state index in [4.69, 9.17) is 11.6 Å². The Balaban J connectivity index is 2.05. The lowest BCUT2D eigenvalue weighted by Crippen LogP contribution is -2.14. The van der Waals surface area contributed by atoms with Crippen molar-refractivity contribution in [1.29, 1.82) is 0 Å². The van der Waals surface area contributed by atoms with Gasteiger partial charge in [-0.3, -0.25) is 0 Å². The molecule has 0 atom stereocenters. The highest BCUT2D eigenvalue weighted by Crippen LogP contribution is 2.25. The van der Waals surface area contributed by atoms with E-state index in [1.807, 2.05) is 25.1 Å². The number of nitrogens with zero attached hydrogens (tertiary/aromatic N) is 2. The highest BCUT2D eigenvalue weighted by Gasteiger charge is 2.23. The second-order valence-corrected chi connectivity index (χ2v) is 8.02. The Hall–Kier alpha value is -2.18. The van der Waals surface area contributed by atoms with E-state index < -0.39 is 9.84 Å². The Morgan fingerprint density at radius 3 is 2.28 bits per heavy atom. The van der Waals surface area contributed by atoms with Crippen LogP contribution in [0, 0.1) is 0 Å². The van der Waals surface area contributed by atoms with Crippen LogP contribution in [-0.4, -0.2) is 24.9 Å². The first-order valence-corrected chi connectivity index (χ1v) is 10.0. The lowest BCUT2D eigenvalue weighted by molar-refractivity contribution is 0.592. The molecule has 130 valence electrons. The minimum Gasteiger partial charge on any atom is -0.368 e. The molecule has 3 rings (SSSR count). The number of benzene rings is 2. The molecule has 1 N–H and O–H groups in total. The van der Waals surface area contributed by atoms with Crippen molar-refractivity contribution in [2.75, 3.05) is 11.9 Å². The standard InChI is InChI=1S/C18H18ClN3O2S/c1-2-11-20-17-18(22-16-6-4-3-5-15(16)21-17)25(23,24)12-13-7-9-14(19)10-8-13/h3-10H,2,11-12H2,1H3,(H,20,21). The number of rotatable bonds is 6. The average molecular weight is 376 g/mol. The molecule has 0 fully saturated rings. The summed E-state index contributed by atoms with van der Waals surface area (Å²) in [4.78, 5) is 8.84. The van der Waals surface area contributed by atoms with Crippen LogP contribution in [0.2, 0.25) is 5.02 Å². The maximum atomic E-state index is 12.9. The molecule has 0 amide bonds. The van der Waals surface area contributed by atoms with Crippen molar-refractivity contribution >= 4 is 38.3 Å². The Labute approximate surface area is 152 Å². The maximum absolute atomic E-state index is 12.9. The zero-order valence-corrected chi connectivity index (χ0v) is 15.3. The molecule has 0 radical (unpaired) electrons. The summed E-state index contributed by atoms with van der Waals surface area (Å²) in [5.74, 6) is 0.146. The number of para-hydroxylation sites is 2. The Bertz CT molecular complexity index is 989. The van der Waals surface area contributed by atoms with E-state index in [0.29, 0.717) is 34.0 Å². The van der Waals surface area contributed by atoms with Crippen LogP contribution in [0.15, 0.2) is 53.6 Å². The van der Waals surface area contributed by atoms with Crippen LogP contribution in [0.5, 0.6) is 0 Å². The molecule has 0 saturated heterocycles. The third-order valence-corrected chi connectivity index (χ3v) is 5.48. The first-order chi connectivity index (χ1) is 12.0. The van der Waals surface area contributed by atoms with Crippen molar-refractivity contribution in [2.45, 2.75) is 24.1 Å². The number of hydrogen-bond donors (Lipinski definition) is 1. The summed E-state index contributed by atoms with van der Waals surface area (Å²) in [6, 6.07) is 14.0. The fraction of sp³-hybridized carbons (Fsp3) is 0.222. The summed E-state index contributed by atoms with van der Waals surface area (Å²) in [7, 11) is -3.66. The topological polar surface area (TPSA) is 72.0 Å². The molecule has 0 saturated carbocycles. The molecule has 0 spiro atoms. The molecule has 1 aromatic heterocycles. The van der Waals surface area contributed by atoms with Crippen molar-refractivity contribution in [3.05, 3.63) is 59.1 Å². The van der Waals surface area contributed by atoms with Crippen LogP contribution in [0.1, 0.15) is 18.9 Å². The van der Waals surface area contributed by atoms with E-state index in [-0.39, 0.29) is 10.8 Å². The zero-order chi connectivity index (χ0) is 17.9. The van der Waals surface area contributed by atoms with Crippen molar-refractivity contribution in [1.82, 2.24) is 9.97 Å². The van der Waals surface area contributed by atoms with Gasteiger partial charge in [-0.25, -0.2) is 18.4 Å². The van der Waals surface area contributed by atoms with Gasteiger partial charge >= 0.3 is 0 Å². The van der Waals surface area contributed by atoms with Crippen LogP contribution in [0.4, 0.5) is 5.82 Å². The minimum atomic E-state index is -3.66. The summed E-state index contributed by atoms with van der Waals surface area (Å²) in [5, 5.41) is 3.63. The maximum Gasteiger partial charge on any atom is 0.203 e. The van der Waals surface area contributed by atoms with Crippen LogP contribution in [0.3, 0.4) is 0 Å². The third kappa shape index (κ3) is 4.08. The normalized spacial score (nSPS) is 11.6. The quantitative estimate of drug-likeness (QED) is 0.702. The van der Waals surface area contributed by atoms with Gasteiger partial charge in [0.05, 0.1) is 16.8 Å². The molecule has 25 heavy (non-hydrogen) atoms. The number of fused-ring (bicyclic) bond motifs is 1. The van der Waals surface area contributed by atoms with Gasteiger partial charge in [-0.2, -0.15) is 0 Å². The first-order valence-electron chi connectivity index (χ1n) is 7.97. The largest absolute Gasteiger partial charge is 0.368 e. The van der Waals surface area contributed by atoms with E-state index in [9.17, 15) is 8.42 Å². The summed E-state index contributed by atoms with van der Waals surface area (Å²) in [5.41, 5.74) is 1.87. The molecule has 0 aliphatic heterocycles. The van der Waals surface area contributed by atoms with Gasteiger partial charge in [0.15, 0.2) is 10.8 Å². The number of nitrogens with one attached hydrogen (secondary N) is 1. The molecule has 1 heterocycles. The van der Waals surface area contributed by atoms with Gasteiger partial charge < -0.3 is 5.32 Å². The average Bonchev–Trinajstić information content (AvgIpc) is 2.61. The summed E-state index contributed by atoms with van der Waals surface area (Å²) >= 11 is 5.87. The van der Waals surface area contributed by atoms with Crippen LogP contribution >= 0.6 is 11.6 Å². The number of aromatic nitrogens is 2. The summed E-state index contributed by atoms with van der Waals surface area (Å²) < 4.78 is 25.9. The SMILES string of the molecule is CCCNc1nc2ccccc2nc1S(=O)(=O)Cc1ccc(Cl)cc1. The van der Waals surface area contributed by atoms with E-state index >= 15 is 0 Å². The van der Waals surface area contributed by atoms with E-state index in [2.05, 4.69) is 15.3 Å². The number of anilines is 1. The lowest BCUT2D eigenvalue weighted by atomic mass is 10.2. The van der Waals surface area contributed by atoms with Crippen molar-refractivity contribution in [3.8, 4) is 0 Å². The molecule has 2 aromatic carbocycles. The minimum absolute atomic E-state index is 0.0189. The molecule has 0 aliphatic carbocycles. The monoisotopic (exact) mass is 375 g/mol. The Morgan fingerprint density at radius 1 is 1.00 bits per heavy atom. The van der Waals surface area contributed by atoms with Gasteiger partial charge in [0.1, 0.15) is 0 Å². The molecule has 7 heteroatoms. The molecule has 0 aliphatic rings. The number of sulfone groups is 1. The zero-order valence-electron chi connectivity index (χ0n) is 13.7. The van der Waals surface area contributed by atoms with E-state index in [1.54, 1.807) is 30.3 Å². The number of halogens is 1. The summed E-state index contributed by atoms with van der Waals surface area (Å²) in [6.45, 7) is 2.62. The molecule has 0 unspecified atom stereocenters. The van der Waals surface area contributed by atoms with Gasteiger partial charge in [-0.1, -0.05) is 42.8 Å². The van der Waals surface area contributed by atoms with Gasteiger partial charge in [0.25, 0.3) is 0 Å². The molecule has 0 bridgehead atoms. The molecular formula is C18H18ClN3O2S. The smallest absolute Gasteiger partial charge is 0.203 e. The third-order valence-electron chi connectivity index (χ3n) is 3.65. The highest BCUT2D eigenvalue weighted by atomic mass is 35.5. The highest BCUT2D eigenvalue weighted by molar-refractivity contribution is 7.90. The van der Waals surface area contributed by atoms with Gasteiger partial charge in [0.2, 0.25) is 9.84 Å². The van der Waals surface area contributed by atoms with Crippen LogP contribution in [-0.2, 0) is 15.6 Å². The predicted molar refractivity (Wildman–Crippen MR) is 101 cm³/mol.